The number of carbonyl (C=O) groups is 2. The summed E-state index contributed by atoms with van der Waals surface area (Å²) in [5, 5.41) is 14.7. The smallest absolute Gasteiger partial charge is 0.296 e. The van der Waals surface area contributed by atoms with Crippen molar-refractivity contribution in [2.24, 2.45) is 4.99 Å². The minimum Gasteiger partial charge on any atom is -0.394 e. The van der Waals surface area contributed by atoms with Crippen LogP contribution in [0.5, 0.6) is 0 Å². The van der Waals surface area contributed by atoms with Crippen LogP contribution < -0.4 is 10.6 Å². The molecule has 198 valence electrons. The average Bonchev–Trinajstić information content (AvgIpc) is 3.58. The number of aliphatic imine (C=N–C) groups is 1. The van der Waals surface area contributed by atoms with Gasteiger partial charge in [-0.05, 0) is 73.8 Å². The van der Waals surface area contributed by atoms with Gasteiger partial charge in [0.05, 0.1) is 24.0 Å². The van der Waals surface area contributed by atoms with E-state index in [9.17, 15) is 9.59 Å². The highest BCUT2D eigenvalue weighted by Crippen LogP contribution is 2.37. The van der Waals surface area contributed by atoms with E-state index in [2.05, 4.69) is 39.5 Å². The van der Waals surface area contributed by atoms with Crippen LogP contribution in [-0.4, -0.2) is 53.3 Å². The van der Waals surface area contributed by atoms with Crippen molar-refractivity contribution in [3.05, 3.63) is 95.1 Å². The Kier molecular flexibility index (Phi) is 8.16. The molecule has 2 aliphatic heterocycles. The van der Waals surface area contributed by atoms with Gasteiger partial charge in [0.25, 0.3) is 5.91 Å². The highest BCUT2D eigenvalue weighted by Gasteiger charge is 2.35. The lowest BCUT2D eigenvalue weighted by atomic mass is 9.90. The highest BCUT2D eigenvalue weighted by atomic mass is 16.3. The molecule has 3 aromatic rings. The first kappa shape index (κ1) is 26.4. The number of nitrogens with zero attached hydrogens (tertiary/aromatic N) is 2. The standard InChI is InChI=1S/C32H32N4O3/c1-22(21-37)33-29(38)16-12-23-11-15-27-28(19-23)35-32(39)30(27)31(25-7-3-2-4-8-25)34-26-13-9-24(10-14-26)20-36-17-5-6-18-36/h2-4,7-11,13-15,19,22,30,37H,5-6,17-18,20-21H2,1H3,(H,33,38)(H,35,39)/t22-,30?/m1/s1. The zero-order chi connectivity index (χ0) is 27.2. The van der Waals surface area contributed by atoms with Gasteiger partial charge >= 0.3 is 0 Å². The maximum absolute atomic E-state index is 13.3. The number of likely N-dealkylation sites (tertiary alicyclic amines) is 1. The second kappa shape index (κ2) is 12.1. The van der Waals surface area contributed by atoms with E-state index in [4.69, 9.17) is 10.1 Å². The maximum atomic E-state index is 13.3. The molecule has 0 saturated carbocycles. The molecule has 0 aromatic heterocycles. The summed E-state index contributed by atoms with van der Waals surface area (Å²) >= 11 is 0. The topological polar surface area (TPSA) is 94.0 Å². The van der Waals surface area contributed by atoms with Crippen molar-refractivity contribution < 1.29 is 14.7 Å². The summed E-state index contributed by atoms with van der Waals surface area (Å²) in [7, 11) is 0. The minimum atomic E-state index is -0.581. The van der Waals surface area contributed by atoms with E-state index >= 15 is 0 Å². The first-order valence-electron chi connectivity index (χ1n) is 13.3. The average molecular weight is 521 g/mol. The van der Waals surface area contributed by atoms with Crippen molar-refractivity contribution in [2.45, 2.75) is 38.3 Å². The third kappa shape index (κ3) is 6.43. The van der Waals surface area contributed by atoms with E-state index in [0.717, 1.165) is 36.4 Å². The van der Waals surface area contributed by atoms with Gasteiger partial charge in [-0.15, -0.1) is 0 Å². The molecule has 3 N–H and O–H groups in total. The Morgan fingerprint density at radius 3 is 2.56 bits per heavy atom. The Morgan fingerprint density at radius 1 is 1.10 bits per heavy atom. The molecule has 0 radical (unpaired) electrons. The third-order valence-electron chi connectivity index (χ3n) is 6.99. The summed E-state index contributed by atoms with van der Waals surface area (Å²) in [6.45, 7) is 4.78. The first-order valence-corrected chi connectivity index (χ1v) is 13.3. The molecule has 39 heavy (non-hydrogen) atoms. The van der Waals surface area contributed by atoms with Crippen molar-refractivity contribution >= 4 is 28.9 Å². The second-order valence-electron chi connectivity index (χ2n) is 10.0. The van der Waals surface area contributed by atoms with Crippen molar-refractivity contribution in [3.8, 4) is 11.8 Å². The fourth-order valence-corrected chi connectivity index (χ4v) is 4.96. The van der Waals surface area contributed by atoms with Crippen molar-refractivity contribution in [3.63, 3.8) is 0 Å². The number of hydrogen-bond acceptors (Lipinski definition) is 5. The fourth-order valence-electron chi connectivity index (χ4n) is 4.96. The van der Waals surface area contributed by atoms with Crippen LogP contribution in [0.4, 0.5) is 11.4 Å². The number of amides is 2. The van der Waals surface area contributed by atoms with Gasteiger partial charge in [0.2, 0.25) is 5.91 Å². The maximum Gasteiger partial charge on any atom is 0.296 e. The van der Waals surface area contributed by atoms with Crippen LogP contribution >= 0.6 is 0 Å². The molecule has 0 aliphatic carbocycles. The number of anilines is 1. The van der Waals surface area contributed by atoms with E-state index in [1.54, 1.807) is 19.1 Å². The summed E-state index contributed by atoms with van der Waals surface area (Å²) in [5.74, 6) is 4.17. The van der Waals surface area contributed by atoms with Crippen molar-refractivity contribution in [1.82, 2.24) is 10.2 Å². The normalized spacial score (nSPS) is 17.6. The summed E-state index contributed by atoms with van der Waals surface area (Å²) in [5.41, 5.74) is 5.69. The van der Waals surface area contributed by atoms with Crippen LogP contribution in [0.3, 0.4) is 0 Å². The fraction of sp³-hybridized carbons (Fsp3) is 0.281. The lowest BCUT2D eigenvalue weighted by Crippen LogP contribution is -2.33. The molecule has 7 nitrogen and oxygen atoms in total. The zero-order valence-corrected chi connectivity index (χ0v) is 22.0. The largest absolute Gasteiger partial charge is 0.394 e. The Balaban J connectivity index is 1.42. The van der Waals surface area contributed by atoms with Gasteiger partial charge < -0.3 is 15.7 Å². The van der Waals surface area contributed by atoms with Gasteiger partial charge in [-0.1, -0.05) is 54.5 Å². The molecule has 3 aromatic carbocycles. The Morgan fingerprint density at radius 2 is 1.85 bits per heavy atom. The van der Waals surface area contributed by atoms with Crippen LogP contribution in [0.15, 0.2) is 77.8 Å². The molecule has 7 heteroatoms. The Labute approximate surface area is 229 Å². The van der Waals surface area contributed by atoms with E-state index in [1.165, 1.54) is 18.4 Å². The SMILES string of the molecule is C[C@H](CO)NC(=O)C#Cc1ccc2c(c1)NC(=O)C2C(=Nc1ccc(CN2CCCC2)cc1)c1ccccc1. The third-order valence-corrected chi connectivity index (χ3v) is 6.99. The number of nitrogens with one attached hydrogen (secondary N) is 2. The molecular weight excluding hydrogens is 488 g/mol. The quantitative estimate of drug-likeness (QED) is 0.324. The minimum absolute atomic E-state index is 0.155. The molecule has 2 atom stereocenters. The molecule has 2 amide bonds. The van der Waals surface area contributed by atoms with Gasteiger partial charge in [0.1, 0.15) is 5.92 Å². The van der Waals surface area contributed by atoms with Crippen LogP contribution in [-0.2, 0) is 16.1 Å². The number of rotatable bonds is 7. The lowest BCUT2D eigenvalue weighted by molar-refractivity contribution is -0.117. The monoisotopic (exact) mass is 520 g/mol. The highest BCUT2D eigenvalue weighted by molar-refractivity contribution is 6.24. The first-order chi connectivity index (χ1) is 19.0. The van der Waals surface area contributed by atoms with Gasteiger partial charge in [-0.3, -0.25) is 19.5 Å². The van der Waals surface area contributed by atoms with Gasteiger partial charge in [-0.25, -0.2) is 0 Å². The molecule has 2 heterocycles. The number of benzene rings is 3. The van der Waals surface area contributed by atoms with Crippen molar-refractivity contribution in [2.75, 3.05) is 25.0 Å². The van der Waals surface area contributed by atoms with Crippen LogP contribution in [0.1, 0.15) is 47.9 Å². The van der Waals surface area contributed by atoms with E-state index in [0.29, 0.717) is 17.0 Å². The molecule has 5 rings (SSSR count). The molecule has 1 fully saturated rings. The molecular formula is C32H32N4O3. The van der Waals surface area contributed by atoms with Gasteiger partial charge in [0.15, 0.2) is 0 Å². The summed E-state index contributed by atoms with van der Waals surface area (Å²) in [6.07, 6.45) is 2.53. The zero-order valence-electron chi connectivity index (χ0n) is 22.0. The predicted molar refractivity (Wildman–Crippen MR) is 153 cm³/mol. The molecule has 2 aliphatic rings. The predicted octanol–water partition coefficient (Wildman–Crippen LogP) is 3.99. The molecule has 1 unspecified atom stereocenters. The van der Waals surface area contributed by atoms with E-state index in [-0.39, 0.29) is 18.6 Å². The molecule has 0 spiro atoms. The number of aliphatic hydroxyl groups excluding tert-OH is 1. The summed E-state index contributed by atoms with van der Waals surface area (Å²) < 4.78 is 0. The van der Waals surface area contributed by atoms with Crippen LogP contribution in [0, 0.1) is 11.8 Å². The number of carbonyl (C=O) groups excluding carboxylic acids is 2. The Bertz CT molecular complexity index is 1430. The number of fused-ring (bicyclic) bond motifs is 1. The van der Waals surface area contributed by atoms with E-state index in [1.807, 2.05) is 48.5 Å². The molecule has 0 bridgehead atoms. The summed E-state index contributed by atoms with van der Waals surface area (Å²) in [6, 6.07) is 23.1. The van der Waals surface area contributed by atoms with E-state index < -0.39 is 11.8 Å². The number of hydrogen-bond donors (Lipinski definition) is 3. The van der Waals surface area contributed by atoms with Crippen molar-refractivity contribution in [1.29, 1.82) is 0 Å². The lowest BCUT2D eigenvalue weighted by Gasteiger charge is -2.15. The van der Waals surface area contributed by atoms with Gasteiger partial charge in [-0.2, -0.15) is 0 Å². The second-order valence-corrected chi connectivity index (χ2v) is 10.0. The summed E-state index contributed by atoms with van der Waals surface area (Å²) in [4.78, 5) is 32.7. The Hall–Kier alpha value is -4.25. The van der Waals surface area contributed by atoms with Crippen LogP contribution in [0.25, 0.3) is 0 Å². The number of aliphatic hydroxyl groups is 1. The van der Waals surface area contributed by atoms with Crippen LogP contribution in [0.2, 0.25) is 0 Å². The molecule has 1 saturated heterocycles. The van der Waals surface area contributed by atoms with Gasteiger partial charge in [0, 0.05) is 23.7 Å².